The van der Waals surface area contributed by atoms with Crippen molar-refractivity contribution in [1.82, 2.24) is 25.1 Å². The van der Waals surface area contributed by atoms with Crippen molar-refractivity contribution < 1.29 is 9.59 Å². The van der Waals surface area contributed by atoms with E-state index >= 15 is 0 Å². The molecule has 1 fully saturated rings. The van der Waals surface area contributed by atoms with E-state index in [2.05, 4.69) is 20.2 Å². The minimum atomic E-state index is -0.560. The van der Waals surface area contributed by atoms with Gasteiger partial charge in [-0.2, -0.15) is 0 Å². The maximum atomic E-state index is 12.3. The second-order valence-electron chi connectivity index (χ2n) is 5.44. The number of carbonyl (C=O) groups is 2. The molecule has 22 heavy (non-hydrogen) atoms. The highest BCUT2D eigenvalue weighted by molar-refractivity contribution is 5.82. The Morgan fingerprint density at radius 2 is 2.14 bits per heavy atom. The van der Waals surface area contributed by atoms with Crippen molar-refractivity contribution in [1.29, 1.82) is 0 Å². The number of imidazole rings is 1. The first-order chi connectivity index (χ1) is 10.6. The van der Waals surface area contributed by atoms with Crippen LogP contribution in [0.25, 0.3) is 0 Å². The van der Waals surface area contributed by atoms with Crippen LogP contribution in [0.3, 0.4) is 0 Å². The normalized spacial score (nSPS) is 17.3. The molecule has 4 N–H and O–H groups in total. The van der Waals surface area contributed by atoms with Gasteiger partial charge in [0, 0.05) is 51.0 Å². The molecule has 1 aliphatic heterocycles. The molecule has 1 atom stereocenters. The van der Waals surface area contributed by atoms with E-state index in [1.54, 1.807) is 17.4 Å². The molecule has 122 valence electrons. The third-order valence-corrected chi connectivity index (χ3v) is 3.74. The van der Waals surface area contributed by atoms with Crippen molar-refractivity contribution in [3.05, 3.63) is 18.2 Å². The van der Waals surface area contributed by atoms with Crippen LogP contribution in [0.1, 0.15) is 12.6 Å². The number of amides is 2. The van der Waals surface area contributed by atoms with Crippen LogP contribution in [0.15, 0.2) is 12.5 Å². The maximum Gasteiger partial charge on any atom is 0.239 e. The highest BCUT2D eigenvalue weighted by Gasteiger charge is 2.26. The van der Waals surface area contributed by atoms with Gasteiger partial charge in [-0.25, -0.2) is 4.98 Å². The first kappa shape index (κ1) is 16.4. The Labute approximate surface area is 130 Å². The van der Waals surface area contributed by atoms with Gasteiger partial charge in [0.25, 0.3) is 0 Å². The van der Waals surface area contributed by atoms with Crippen LogP contribution in [-0.4, -0.2) is 76.9 Å². The Bertz CT molecular complexity index is 482. The van der Waals surface area contributed by atoms with Gasteiger partial charge in [-0.3, -0.25) is 14.5 Å². The molecule has 2 rings (SSSR count). The first-order valence-electron chi connectivity index (χ1n) is 7.60. The zero-order chi connectivity index (χ0) is 15.9. The summed E-state index contributed by atoms with van der Waals surface area (Å²) in [6.07, 6.45) is 3.71. The first-order valence-corrected chi connectivity index (χ1v) is 7.60. The summed E-state index contributed by atoms with van der Waals surface area (Å²) < 4.78 is 0. The summed E-state index contributed by atoms with van der Waals surface area (Å²) in [6, 6.07) is -0.560. The summed E-state index contributed by atoms with van der Waals surface area (Å²) in [6.45, 7) is 5.52. The van der Waals surface area contributed by atoms with E-state index in [0.29, 0.717) is 45.7 Å². The zero-order valence-electron chi connectivity index (χ0n) is 12.9. The van der Waals surface area contributed by atoms with Crippen LogP contribution in [0.2, 0.25) is 0 Å². The second-order valence-corrected chi connectivity index (χ2v) is 5.44. The van der Waals surface area contributed by atoms with Crippen LogP contribution in [0.5, 0.6) is 0 Å². The molecule has 1 saturated heterocycles. The number of piperazine rings is 1. The molecule has 0 unspecified atom stereocenters. The molecule has 0 spiro atoms. The summed E-state index contributed by atoms with van der Waals surface area (Å²) >= 11 is 0. The average Bonchev–Trinajstić information content (AvgIpc) is 3.00. The summed E-state index contributed by atoms with van der Waals surface area (Å²) in [5, 5.41) is 2.78. The standard InChI is InChI=1S/C14H24N6O2/c1-2-17-13(21)9-19-3-5-20(6-4-19)14(22)12(15)7-11-8-16-10-18-11/h8,10,12H,2-7,9,15H2,1H3,(H,16,18)(H,17,21)/t12-/m0/s1. The molecule has 1 aromatic rings. The molecule has 0 saturated carbocycles. The summed E-state index contributed by atoms with van der Waals surface area (Å²) in [5.41, 5.74) is 6.83. The van der Waals surface area contributed by atoms with Crippen molar-refractivity contribution in [3.63, 3.8) is 0 Å². The van der Waals surface area contributed by atoms with Gasteiger partial charge in [0.1, 0.15) is 0 Å². The molecule has 0 aromatic carbocycles. The fraction of sp³-hybridized carbons (Fsp3) is 0.643. The van der Waals surface area contributed by atoms with Crippen LogP contribution in [0.4, 0.5) is 0 Å². The lowest BCUT2D eigenvalue weighted by atomic mass is 10.1. The smallest absolute Gasteiger partial charge is 0.239 e. The Balaban J connectivity index is 1.75. The largest absolute Gasteiger partial charge is 0.355 e. The molecule has 0 bridgehead atoms. The average molecular weight is 308 g/mol. The second kappa shape index (κ2) is 7.90. The van der Waals surface area contributed by atoms with E-state index in [-0.39, 0.29) is 11.8 Å². The van der Waals surface area contributed by atoms with Gasteiger partial charge in [-0.15, -0.1) is 0 Å². The van der Waals surface area contributed by atoms with Gasteiger partial charge >= 0.3 is 0 Å². The van der Waals surface area contributed by atoms with Crippen LogP contribution in [0, 0.1) is 0 Å². The van der Waals surface area contributed by atoms with E-state index in [1.165, 1.54) is 0 Å². The van der Waals surface area contributed by atoms with Crippen molar-refractivity contribution in [2.45, 2.75) is 19.4 Å². The van der Waals surface area contributed by atoms with Crippen LogP contribution >= 0.6 is 0 Å². The number of aromatic amines is 1. The van der Waals surface area contributed by atoms with E-state index in [1.807, 2.05) is 6.92 Å². The van der Waals surface area contributed by atoms with Crippen molar-refractivity contribution in [2.24, 2.45) is 5.73 Å². The number of aromatic nitrogens is 2. The molecule has 8 heteroatoms. The topological polar surface area (TPSA) is 107 Å². The number of likely N-dealkylation sites (N-methyl/N-ethyl adjacent to an activating group) is 1. The van der Waals surface area contributed by atoms with Gasteiger partial charge in [-0.1, -0.05) is 0 Å². The Morgan fingerprint density at radius 3 is 2.73 bits per heavy atom. The van der Waals surface area contributed by atoms with Gasteiger partial charge in [0.2, 0.25) is 11.8 Å². The number of carbonyl (C=O) groups excluding carboxylic acids is 2. The van der Waals surface area contributed by atoms with E-state index in [9.17, 15) is 9.59 Å². The maximum absolute atomic E-state index is 12.3. The predicted molar refractivity (Wildman–Crippen MR) is 82.0 cm³/mol. The lowest BCUT2D eigenvalue weighted by Gasteiger charge is -2.35. The summed E-state index contributed by atoms with van der Waals surface area (Å²) in [5.74, 6) is -0.0227. The minimum absolute atomic E-state index is 0.0261. The van der Waals surface area contributed by atoms with Crippen LogP contribution < -0.4 is 11.1 Å². The monoisotopic (exact) mass is 308 g/mol. The van der Waals surface area contributed by atoms with E-state index < -0.39 is 6.04 Å². The third-order valence-electron chi connectivity index (χ3n) is 3.74. The van der Waals surface area contributed by atoms with Crippen molar-refractivity contribution >= 4 is 11.8 Å². The summed E-state index contributed by atoms with van der Waals surface area (Å²) in [4.78, 5) is 34.6. The number of hydrogen-bond acceptors (Lipinski definition) is 5. The van der Waals surface area contributed by atoms with E-state index in [4.69, 9.17) is 5.73 Å². The number of hydrogen-bond donors (Lipinski definition) is 3. The zero-order valence-corrected chi connectivity index (χ0v) is 12.9. The SMILES string of the molecule is CCNC(=O)CN1CCN(C(=O)[C@@H](N)Cc2cnc[nH]2)CC1. The van der Waals surface area contributed by atoms with Gasteiger partial charge < -0.3 is 20.9 Å². The molecule has 2 amide bonds. The molecule has 8 nitrogen and oxygen atoms in total. The third kappa shape index (κ3) is 4.54. The quantitative estimate of drug-likeness (QED) is 0.596. The molecule has 1 aliphatic rings. The predicted octanol–water partition coefficient (Wildman–Crippen LogP) is -1.44. The number of H-pyrrole nitrogens is 1. The number of nitrogens with one attached hydrogen (secondary N) is 2. The van der Waals surface area contributed by atoms with Gasteiger partial charge in [-0.05, 0) is 6.92 Å². The fourth-order valence-electron chi connectivity index (χ4n) is 2.54. The number of nitrogens with two attached hydrogens (primary N) is 1. The molecule has 0 radical (unpaired) electrons. The molecule has 0 aliphatic carbocycles. The van der Waals surface area contributed by atoms with Crippen LogP contribution in [-0.2, 0) is 16.0 Å². The Hall–Kier alpha value is -1.93. The summed E-state index contributed by atoms with van der Waals surface area (Å²) in [7, 11) is 0. The van der Waals surface area contributed by atoms with Crippen molar-refractivity contribution in [2.75, 3.05) is 39.3 Å². The Morgan fingerprint density at radius 1 is 1.41 bits per heavy atom. The molecule has 2 heterocycles. The minimum Gasteiger partial charge on any atom is -0.355 e. The number of nitrogens with zero attached hydrogens (tertiary/aromatic N) is 3. The fourth-order valence-corrected chi connectivity index (χ4v) is 2.54. The highest BCUT2D eigenvalue weighted by atomic mass is 16.2. The Kier molecular flexibility index (Phi) is 5.91. The lowest BCUT2D eigenvalue weighted by molar-refractivity contribution is -0.134. The lowest BCUT2D eigenvalue weighted by Crippen LogP contribution is -2.54. The molecule has 1 aromatic heterocycles. The molecular formula is C14H24N6O2. The van der Waals surface area contributed by atoms with Gasteiger partial charge in [0.15, 0.2) is 0 Å². The van der Waals surface area contributed by atoms with Crippen molar-refractivity contribution in [3.8, 4) is 0 Å². The molecular weight excluding hydrogens is 284 g/mol. The van der Waals surface area contributed by atoms with E-state index in [0.717, 1.165) is 5.69 Å². The number of rotatable bonds is 6. The van der Waals surface area contributed by atoms with Gasteiger partial charge in [0.05, 0.1) is 18.9 Å². The highest BCUT2D eigenvalue weighted by Crippen LogP contribution is 2.06.